The Morgan fingerprint density at radius 3 is 2.35 bits per heavy atom. The van der Waals surface area contributed by atoms with Gasteiger partial charge in [-0.15, -0.1) is 11.3 Å². The summed E-state index contributed by atoms with van der Waals surface area (Å²) >= 11 is 1.42. The van der Waals surface area contributed by atoms with Crippen LogP contribution in [0.5, 0.6) is 0 Å². The van der Waals surface area contributed by atoms with Gasteiger partial charge in [-0.3, -0.25) is 9.59 Å². The standard InChI is InChI=1S/C17H29N3O2S/c1-11(2)18-16(22)13-10-23-14(19-13)9-20(12(3)4)15(21)8-17(5,6)7/h10-12H,8-9H2,1-7H3,(H,18,22). The van der Waals surface area contributed by atoms with Crippen molar-refractivity contribution in [2.45, 2.75) is 73.5 Å². The van der Waals surface area contributed by atoms with Gasteiger partial charge in [-0.05, 0) is 33.1 Å². The maximum absolute atomic E-state index is 12.5. The molecule has 0 fully saturated rings. The number of thiazole rings is 1. The molecule has 1 aromatic rings. The molecule has 0 aliphatic rings. The van der Waals surface area contributed by atoms with Crippen LogP contribution >= 0.6 is 11.3 Å². The highest BCUT2D eigenvalue weighted by molar-refractivity contribution is 7.09. The second-order valence-corrected chi connectivity index (χ2v) is 8.55. The predicted molar refractivity (Wildman–Crippen MR) is 94.5 cm³/mol. The van der Waals surface area contributed by atoms with Crippen molar-refractivity contribution in [2.75, 3.05) is 0 Å². The zero-order valence-corrected chi connectivity index (χ0v) is 16.1. The number of nitrogens with zero attached hydrogens (tertiary/aromatic N) is 2. The molecule has 0 saturated carbocycles. The van der Waals surface area contributed by atoms with E-state index in [9.17, 15) is 9.59 Å². The van der Waals surface area contributed by atoms with Crippen molar-refractivity contribution in [1.82, 2.24) is 15.2 Å². The molecule has 1 heterocycles. The van der Waals surface area contributed by atoms with Gasteiger partial charge >= 0.3 is 0 Å². The lowest BCUT2D eigenvalue weighted by Gasteiger charge is -2.29. The van der Waals surface area contributed by atoms with E-state index in [0.717, 1.165) is 5.01 Å². The molecule has 0 bridgehead atoms. The summed E-state index contributed by atoms with van der Waals surface area (Å²) < 4.78 is 0. The molecular weight excluding hydrogens is 310 g/mol. The predicted octanol–water partition coefficient (Wildman–Crippen LogP) is 3.45. The Bertz CT molecular complexity index is 544. The van der Waals surface area contributed by atoms with E-state index in [1.807, 2.05) is 32.6 Å². The molecule has 0 saturated heterocycles. The topological polar surface area (TPSA) is 62.3 Å². The Morgan fingerprint density at radius 1 is 1.26 bits per heavy atom. The summed E-state index contributed by atoms with van der Waals surface area (Å²) in [6.45, 7) is 14.4. The Kier molecular flexibility index (Phi) is 6.74. The van der Waals surface area contributed by atoms with E-state index in [-0.39, 0.29) is 29.3 Å². The first-order chi connectivity index (χ1) is 10.5. The fourth-order valence-corrected chi connectivity index (χ4v) is 2.86. The number of hydrogen-bond donors (Lipinski definition) is 1. The van der Waals surface area contributed by atoms with Gasteiger partial charge in [0.05, 0.1) is 6.54 Å². The zero-order chi connectivity index (χ0) is 17.8. The van der Waals surface area contributed by atoms with Crippen LogP contribution in [-0.4, -0.2) is 33.8 Å². The van der Waals surface area contributed by atoms with Crippen LogP contribution in [0.15, 0.2) is 5.38 Å². The van der Waals surface area contributed by atoms with Crippen molar-refractivity contribution < 1.29 is 9.59 Å². The number of carbonyl (C=O) groups excluding carboxylic acids is 2. The van der Waals surface area contributed by atoms with E-state index in [0.29, 0.717) is 18.7 Å². The molecule has 0 spiro atoms. The molecule has 1 aromatic heterocycles. The molecular formula is C17H29N3O2S. The van der Waals surface area contributed by atoms with Crippen molar-refractivity contribution in [1.29, 1.82) is 0 Å². The van der Waals surface area contributed by atoms with Gasteiger partial charge in [0.2, 0.25) is 5.91 Å². The Labute approximate surface area is 143 Å². The maximum atomic E-state index is 12.5. The van der Waals surface area contributed by atoms with E-state index >= 15 is 0 Å². The van der Waals surface area contributed by atoms with Crippen LogP contribution in [-0.2, 0) is 11.3 Å². The molecule has 0 unspecified atom stereocenters. The molecule has 0 aromatic carbocycles. The molecule has 0 aliphatic carbocycles. The van der Waals surface area contributed by atoms with Gasteiger partial charge in [-0.1, -0.05) is 20.8 Å². The Balaban J connectivity index is 2.80. The minimum Gasteiger partial charge on any atom is -0.349 e. The van der Waals surface area contributed by atoms with Crippen molar-refractivity contribution in [3.8, 4) is 0 Å². The van der Waals surface area contributed by atoms with Crippen LogP contribution < -0.4 is 5.32 Å². The fourth-order valence-electron chi connectivity index (χ4n) is 2.08. The van der Waals surface area contributed by atoms with Crippen LogP contribution in [0.1, 0.15) is 70.4 Å². The first kappa shape index (κ1) is 19.6. The summed E-state index contributed by atoms with van der Waals surface area (Å²) in [5, 5.41) is 5.36. The lowest BCUT2D eigenvalue weighted by Crippen LogP contribution is -2.38. The van der Waals surface area contributed by atoms with Crippen molar-refractivity contribution in [2.24, 2.45) is 5.41 Å². The van der Waals surface area contributed by atoms with Crippen molar-refractivity contribution in [3.05, 3.63) is 16.1 Å². The third-order valence-corrected chi connectivity index (χ3v) is 3.97. The van der Waals surface area contributed by atoms with Crippen LogP contribution in [0.2, 0.25) is 0 Å². The molecule has 0 atom stereocenters. The summed E-state index contributed by atoms with van der Waals surface area (Å²) in [5.74, 6) is -0.0458. The fraction of sp³-hybridized carbons (Fsp3) is 0.706. The van der Waals surface area contributed by atoms with E-state index < -0.39 is 0 Å². The summed E-state index contributed by atoms with van der Waals surface area (Å²) in [6.07, 6.45) is 0.497. The molecule has 1 N–H and O–H groups in total. The normalized spacial score (nSPS) is 11.9. The van der Waals surface area contributed by atoms with Gasteiger partial charge in [0.1, 0.15) is 10.7 Å². The van der Waals surface area contributed by atoms with Gasteiger partial charge < -0.3 is 10.2 Å². The number of hydrogen-bond acceptors (Lipinski definition) is 4. The van der Waals surface area contributed by atoms with Crippen molar-refractivity contribution in [3.63, 3.8) is 0 Å². The SMILES string of the molecule is CC(C)NC(=O)c1csc(CN(C(=O)CC(C)(C)C)C(C)C)n1. The lowest BCUT2D eigenvalue weighted by atomic mass is 9.91. The van der Waals surface area contributed by atoms with Crippen LogP contribution in [0, 0.1) is 5.41 Å². The average Bonchev–Trinajstić information content (AvgIpc) is 2.80. The lowest BCUT2D eigenvalue weighted by molar-refractivity contribution is -0.135. The Morgan fingerprint density at radius 2 is 1.87 bits per heavy atom. The van der Waals surface area contributed by atoms with E-state index in [4.69, 9.17) is 0 Å². The second kappa shape index (κ2) is 7.90. The average molecular weight is 340 g/mol. The maximum Gasteiger partial charge on any atom is 0.270 e. The van der Waals surface area contributed by atoms with Crippen LogP contribution in [0.3, 0.4) is 0 Å². The summed E-state index contributed by atoms with van der Waals surface area (Å²) in [6, 6.07) is 0.176. The zero-order valence-electron chi connectivity index (χ0n) is 15.3. The second-order valence-electron chi connectivity index (χ2n) is 7.61. The minimum absolute atomic E-state index is 0.0462. The van der Waals surface area contributed by atoms with E-state index in [2.05, 4.69) is 31.1 Å². The first-order valence-corrected chi connectivity index (χ1v) is 8.92. The third kappa shape index (κ3) is 6.69. The summed E-state index contributed by atoms with van der Waals surface area (Å²) in [7, 11) is 0. The molecule has 5 nitrogen and oxygen atoms in total. The summed E-state index contributed by atoms with van der Waals surface area (Å²) in [4.78, 5) is 30.7. The van der Waals surface area contributed by atoms with Crippen LogP contribution in [0.4, 0.5) is 0 Å². The Hall–Kier alpha value is -1.43. The van der Waals surface area contributed by atoms with E-state index in [1.165, 1.54) is 11.3 Å². The largest absolute Gasteiger partial charge is 0.349 e. The molecule has 6 heteroatoms. The summed E-state index contributed by atoms with van der Waals surface area (Å²) in [5.41, 5.74) is 0.376. The van der Waals surface area contributed by atoms with Gasteiger partial charge in [-0.25, -0.2) is 4.98 Å². The number of aromatic nitrogens is 1. The number of nitrogens with one attached hydrogen (secondary N) is 1. The molecule has 1 rings (SSSR count). The smallest absolute Gasteiger partial charge is 0.270 e. The van der Waals surface area contributed by atoms with E-state index in [1.54, 1.807) is 5.38 Å². The quantitative estimate of drug-likeness (QED) is 0.863. The van der Waals surface area contributed by atoms with Gasteiger partial charge in [-0.2, -0.15) is 0 Å². The number of rotatable bonds is 6. The molecule has 0 radical (unpaired) electrons. The van der Waals surface area contributed by atoms with Crippen LogP contribution in [0.25, 0.3) is 0 Å². The highest BCUT2D eigenvalue weighted by Gasteiger charge is 2.24. The first-order valence-electron chi connectivity index (χ1n) is 8.04. The minimum atomic E-state index is -0.167. The number of amides is 2. The van der Waals surface area contributed by atoms with Crippen molar-refractivity contribution >= 4 is 23.2 Å². The molecule has 130 valence electrons. The highest BCUT2D eigenvalue weighted by atomic mass is 32.1. The monoisotopic (exact) mass is 339 g/mol. The van der Waals surface area contributed by atoms with Gasteiger partial charge in [0.15, 0.2) is 0 Å². The number of carbonyl (C=O) groups is 2. The highest BCUT2D eigenvalue weighted by Crippen LogP contribution is 2.22. The van der Waals surface area contributed by atoms with Gasteiger partial charge in [0.25, 0.3) is 5.91 Å². The molecule has 0 aliphatic heterocycles. The molecule has 2 amide bonds. The van der Waals surface area contributed by atoms with Gasteiger partial charge in [0, 0.05) is 23.9 Å². The molecule has 23 heavy (non-hydrogen) atoms. The third-order valence-electron chi connectivity index (χ3n) is 3.14.